The SMILES string of the molecule is COC(=O)C1CCC(OCc2ccc(F)c(Br)c2)CC1. The monoisotopic (exact) mass is 344 g/mol. The van der Waals surface area contributed by atoms with Crippen molar-refractivity contribution < 1.29 is 18.7 Å². The zero-order valence-electron chi connectivity index (χ0n) is 11.4. The minimum absolute atomic E-state index is 0.0137. The van der Waals surface area contributed by atoms with Crippen LogP contribution in [0, 0.1) is 11.7 Å². The van der Waals surface area contributed by atoms with E-state index in [0.717, 1.165) is 31.2 Å². The van der Waals surface area contributed by atoms with E-state index >= 15 is 0 Å². The Labute approximate surface area is 126 Å². The van der Waals surface area contributed by atoms with Crippen LogP contribution in [0.4, 0.5) is 4.39 Å². The summed E-state index contributed by atoms with van der Waals surface area (Å²) in [4.78, 5) is 11.4. The van der Waals surface area contributed by atoms with Crippen LogP contribution in [0.2, 0.25) is 0 Å². The predicted molar refractivity (Wildman–Crippen MR) is 76.7 cm³/mol. The third-order valence-corrected chi connectivity index (χ3v) is 4.29. The van der Waals surface area contributed by atoms with Crippen molar-refractivity contribution in [3.05, 3.63) is 34.1 Å². The maximum atomic E-state index is 13.1. The van der Waals surface area contributed by atoms with Crippen molar-refractivity contribution >= 4 is 21.9 Å². The van der Waals surface area contributed by atoms with Gasteiger partial charge in [-0.1, -0.05) is 6.07 Å². The first-order chi connectivity index (χ1) is 9.60. The molecule has 0 heterocycles. The molecule has 0 saturated heterocycles. The Morgan fingerprint density at radius 2 is 2.05 bits per heavy atom. The first-order valence-electron chi connectivity index (χ1n) is 6.73. The average Bonchev–Trinajstić information content (AvgIpc) is 2.48. The van der Waals surface area contributed by atoms with Crippen molar-refractivity contribution in [2.75, 3.05) is 7.11 Å². The number of rotatable bonds is 4. The number of carbonyl (C=O) groups is 1. The summed E-state index contributed by atoms with van der Waals surface area (Å²) in [5.41, 5.74) is 0.938. The van der Waals surface area contributed by atoms with E-state index in [4.69, 9.17) is 9.47 Å². The maximum Gasteiger partial charge on any atom is 0.308 e. The van der Waals surface area contributed by atoms with Gasteiger partial charge in [0.1, 0.15) is 5.82 Å². The van der Waals surface area contributed by atoms with Gasteiger partial charge in [0.25, 0.3) is 0 Å². The molecule has 0 N–H and O–H groups in total. The summed E-state index contributed by atoms with van der Waals surface area (Å²) in [7, 11) is 1.43. The fraction of sp³-hybridized carbons (Fsp3) is 0.533. The van der Waals surface area contributed by atoms with Crippen molar-refractivity contribution in [3.8, 4) is 0 Å². The van der Waals surface area contributed by atoms with Gasteiger partial charge < -0.3 is 9.47 Å². The summed E-state index contributed by atoms with van der Waals surface area (Å²) in [5.74, 6) is -0.377. The van der Waals surface area contributed by atoms with Gasteiger partial charge in [0.15, 0.2) is 0 Å². The van der Waals surface area contributed by atoms with Crippen LogP contribution in [0.5, 0.6) is 0 Å². The number of ether oxygens (including phenoxy) is 2. The highest BCUT2D eigenvalue weighted by atomic mass is 79.9. The zero-order valence-corrected chi connectivity index (χ0v) is 13.0. The second-order valence-electron chi connectivity index (χ2n) is 5.06. The second kappa shape index (κ2) is 7.18. The Balaban J connectivity index is 1.78. The highest BCUT2D eigenvalue weighted by Gasteiger charge is 2.27. The third-order valence-electron chi connectivity index (χ3n) is 3.68. The molecule has 0 unspecified atom stereocenters. The van der Waals surface area contributed by atoms with Crippen LogP contribution >= 0.6 is 15.9 Å². The Hall–Kier alpha value is -0.940. The molecular weight excluding hydrogens is 327 g/mol. The van der Waals surface area contributed by atoms with Crippen LogP contribution in [-0.4, -0.2) is 19.2 Å². The first-order valence-corrected chi connectivity index (χ1v) is 7.53. The zero-order chi connectivity index (χ0) is 14.5. The van der Waals surface area contributed by atoms with Crippen molar-refractivity contribution in [1.29, 1.82) is 0 Å². The Morgan fingerprint density at radius 3 is 2.65 bits per heavy atom. The summed E-state index contributed by atoms with van der Waals surface area (Å²) in [6.07, 6.45) is 3.51. The molecule has 2 rings (SSSR count). The van der Waals surface area contributed by atoms with Crippen LogP contribution in [-0.2, 0) is 20.9 Å². The Morgan fingerprint density at radius 1 is 1.35 bits per heavy atom. The first kappa shape index (κ1) is 15.4. The smallest absolute Gasteiger partial charge is 0.308 e. The Bertz CT molecular complexity index is 470. The highest BCUT2D eigenvalue weighted by molar-refractivity contribution is 9.10. The molecule has 1 aromatic carbocycles. The summed E-state index contributed by atoms with van der Waals surface area (Å²) < 4.78 is 24.2. The van der Waals surface area contributed by atoms with Gasteiger partial charge >= 0.3 is 5.97 Å². The second-order valence-corrected chi connectivity index (χ2v) is 5.91. The molecule has 0 aromatic heterocycles. The highest BCUT2D eigenvalue weighted by Crippen LogP contribution is 2.28. The lowest BCUT2D eigenvalue weighted by atomic mass is 9.87. The van der Waals surface area contributed by atoms with E-state index in [-0.39, 0.29) is 23.8 Å². The van der Waals surface area contributed by atoms with Crippen LogP contribution in [0.25, 0.3) is 0 Å². The van der Waals surface area contributed by atoms with E-state index in [9.17, 15) is 9.18 Å². The maximum absolute atomic E-state index is 13.1. The van der Waals surface area contributed by atoms with Crippen LogP contribution in [0.1, 0.15) is 31.2 Å². The molecule has 1 aliphatic carbocycles. The molecule has 0 aliphatic heterocycles. The van der Waals surface area contributed by atoms with Gasteiger partial charge in [-0.15, -0.1) is 0 Å². The molecule has 1 aromatic rings. The lowest BCUT2D eigenvalue weighted by molar-refractivity contribution is -0.147. The molecule has 1 fully saturated rings. The molecule has 0 bridgehead atoms. The summed E-state index contributed by atoms with van der Waals surface area (Å²) in [6, 6.07) is 4.88. The molecule has 1 saturated carbocycles. The normalized spacial score (nSPS) is 22.6. The topological polar surface area (TPSA) is 35.5 Å². The van der Waals surface area contributed by atoms with Crippen LogP contribution in [0.15, 0.2) is 22.7 Å². The summed E-state index contributed by atoms with van der Waals surface area (Å²) in [5, 5.41) is 0. The van der Waals surface area contributed by atoms with Crippen molar-refractivity contribution in [2.45, 2.75) is 38.4 Å². The largest absolute Gasteiger partial charge is 0.469 e. The van der Waals surface area contributed by atoms with Crippen molar-refractivity contribution in [1.82, 2.24) is 0 Å². The van der Waals surface area contributed by atoms with E-state index in [1.54, 1.807) is 12.1 Å². The van der Waals surface area contributed by atoms with Gasteiger partial charge in [-0.3, -0.25) is 4.79 Å². The van der Waals surface area contributed by atoms with E-state index in [1.165, 1.54) is 13.2 Å². The molecule has 0 amide bonds. The summed E-state index contributed by atoms with van der Waals surface area (Å²) >= 11 is 3.16. The van der Waals surface area contributed by atoms with Gasteiger partial charge in [-0.05, 0) is 59.3 Å². The third kappa shape index (κ3) is 4.03. The van der Waals surface area contributed by atoms with E-state index < -0.39 is 0 Å². The van der Waals surface area contributed by atoms with Gasteiger partial charge in [0.2, 0.25) is 0 Å². The van der Waals surface area contributed by atoms with E-state index in [1.807, 2.05) is 0 Å². The quantitative estimate of drug-likeness (QED) is 0.778. The number of hydrogen-bond donors (Lipinski definition) is 0. The van der Waals surface area contributed by atoms with Gasteiger partial charge in [-0.25, -0.2) is 4.39 Å². The minimum Gasteiger partial charge on any atom is -0.469 e. The number of esters is 1. The van der Waals surface area contributed by atoms with Gasteiger partial charge in [0.05, 0.1) is 30.2 Å². The molecule has 0 atom stereocenters. The summed E-state index contributed by atoms with van der Waals surface area (Å²) in [6.45, 7) is 0.465. The molecule has 1 aliphatic rings. The molecule has 3 nitrogen and oxygen atoms in total. The number of halogens is 2. The lowest BCUT2D eigenvalue weighted by Crippen LogP contribution is -2.26. The van der Waals surface area contributed by atoms with Crippen LogP contribution in [0.3, 0.4) is 0 Å². The molecule has 5 heteroatoms. The fourth-order valence-electron chi connectivity index (χ4n) is 2.48. The number of methoxy groups -OCH3 is 1. The molecule has 0 spiro atoms. The van der Waals surface area contributed by atoms with Crippen molar-refractivity contribution in [3.63, 3.8) is 0 Å². The molecule has 20 heavy (non-hydrogen) atoms. The number of carbonyl (C=O) groups excluding carboxylic acids is 1. The minimum atomic E-state index is -0.271. The molecular formula is C15H18BrFO3. The standard InChI is InChI=1S/C15H18BrFO3/c1-19-15(18)11-3-5-12(6-4-11)20-9-10-2-7-14(17)13(16)8-10/h2,7-8,11-12H,3-6,9H2,1H3. The van der Waals surface area contributed by atoms with Crippen molar-refractivity contribution in [2.24, 2.45) is 5.92 Å². The van der Waals surface area contributed by atoms with E-state index in [2.05, 4.69) is 15.9 Å². The molecule has 0 radical (unpaired) electrons. The lowest BCUT2D eigenvalue weighted by Gasteiger charge is -2.27. The van der Waals surface area contributed by atoms with Gasteiger partial charge in [0, 0.05) is 0 Å². The number of hydrogen-bond acceptors (Lipinski definition) is 3. The Kier molecular flexibility index (Phi) is 5.54. The predicted octanol–water partition coefficient (Wildman–Crippen LogP) is 3.84. The number of benzene rings is 1. The average molecular weight is 345 g/mol. The van der Waals surface area contributed by atoms with Gasteiger partial charge in [-0.2, -0.15) is 0 Å². The fourth-order valence-corrected chi connectivity index (χ4v) is 2.90. The van der Waals surface area contributed by atoms with E-state index in [0.29, 0.717) is 11.1 Å². The molecule has 110 valence electrons. The van der Waals surface area contributed by atoms with Crippen LogP contribution < -0.4 is 0 Å².